The van der Waals surface area contributed by atoms with Crippen molar-refractivity contribution in [2.75, 3.05) is 6.54 Å². The number of para-hydroxylation sites is 1. The number of aromatic nitrogens is 2. The van der Waals surface area contributed by atoms with Crippen LogP contribution in [0.15, 0.2) is 30.5 Å². The topological polar surface area (TPSA) is 84.2 Å². The zero-order valence-electron chi connectivity index (χ0n) is 11.1. The molecule has 2 N–H and O–H groups in total. The van der Waals surface area contributed by atoms with Crippen LogP contribution < -0.4 is 5.32 Å². The molecule has 0 fully saturated rings. The Kier molecular flexibility index (Phi) is 4.70. The molecule has 2 aromatic rings. The first kappa shape index (κ1) is 14.0. The maximum atomic E-state index is 11.8. The Hall–Kier alpha value is -2.37. The Morgan fingerprint density at radius 3 is 2.85 bits per heavy atom. The van der Waals surface area contributed by atoms with E-state index >= 15 is 0 Å². The monoisotopic (exact) mass is 275 g/mol. The zero-order chi connectivity index (χ0) is 14.4. The van der Waals surface area contributed by atoms with E-state index < -0.39 is 5.97 Å². The minimum atomic E-state index is -0.806. The van der Waals surface area contributed by atoms with E-state index in [0.717, 1.165) is 10.9 Å². The lowest BCUT2D eigenvalue weighted by molar-refractivity contribution is -0.137. The highest BCUT2D eigenvalue weighted by atomic mass is 16.4. The molecule has 6 heteroatoms. The van der Waals surface area contributed by atoms with Crippen molar-refractivity contribution in [3.05, 3.63) is 30.5 Å². The number of benzene rings is 1. The fourth-order valence-corrected chi connectivity index (χ4v) is 1.97. The van der Waals surface area contributed by atoms with Crippen LogP contribution in [0.1, 0.15) is 19.3 Å². The average Bonchev–Trinajstić information content (AvgIpc) is 2.81. The summed E-state index contributed by atoms with van der Waals surface area (Å²) in [5.41, 5.74) is 0.925. The Bertz CT molecular complexity index is 606. The summed E-state index contributed by atoms with van der Waals surface area (Å²) in [6.45, 7) is 0.664. The zero-order valence-corrected chi connectivity index (χ0v) is 11.1. The number of carbonyl (C=O) groups is 2. The molecular weight excluding hydrogens is 258 g/mol. The van der Waals surface area contributed by atoms with Crippen LogP contribution in [-0.4, -0.2) is 33.3 Å². The van der Waals surface area contributed by atoms with Crippen LogP contribution in [0.25, 0.3) is 10.9 Å². The number of carboxylic acid groups (broad SMARTS) is 1. The Morgan fingerprint density at radius 2 is 2.05 bits per heavy atom. The van der Waals surface area contributed by atoms with E-state index in [2.05, 4.69) is 10.4 Å². The lowest BCUT2D eigenvalue weighted by Crippen LogP contribution is -2.28. The molecule has 0 saturated carbocycles. The van der Waals surface area contributed by atoms with E-state index in [1.54, 1.807) is 10.9 Å². The van der Waals surface area contributed by atoms with Gasteiger partial charge in [-0.1, -0.05) is 18.2 Å². The second kappa shape index (κ2) is 6.70. The van der Waals surface area contributed by atoms with Gasteiger partial charge in [0, 0.05) is 18.4 Å². The predicted molar refractivity (Wildman–Crippen MR) is 74.2 cm³/mol. The maximum absolute atomic E-state index is 11.8. The van der Waals surface area contributed by atoms with Crippen molar-refractivity contribution >= 4 is 22.8 Å². The molecule has 0 bridgehead atoms. The van der Waals surface area contributed by atoms with Crippen molar-refractivity contribution in [2.45, 2.75) is 25.8 Å². The van der Waals surface area contributed by atoms with Gasteiger partial charge in [0.05, 0.1) is 11.7 Å². The van der Waals surface area contributed by atoms with Gasteiger partial charge in [-0.05, 0) is 18.9 Å². The van der Waals surface area contributed by atoms with Gasteiger partial charge in [-0.15, -0.1) is 0 Å². The Balaban J connectivity index is 1.78. The minimum Gasteiger partial charge on any atom is -0.481 e. The first-order valence-corrected chi connectivity index (χ1v) is 6.56. The molecule has 20 heavy (non-hydrogen) atoms. The predicted octanol–water partition coefficient (Wildman–Crippen LogP) is 1.41. The van der Waals surface area contributed by atoms with Gasteiger partial charge in [0.2, 0.25) is 5.91 Å². The number of rotatable bonds is 7. The number of amides is 1. The SMILES string of the molecule is O=C(O)CCCCNC(=O)Cn1ncc2ccccc21. The van der Waals surface area contributed by atoms with Gasteiger partial charge >= 0.3 is 5.97 Å². The average molecular weight is 275 g/mol. The van der Waals surface area contributed by atoms with Gasteiger partial charge in [0.1, 0.15) is 6.54 Å². The molecule has 106 valence electrons. The van der Waals surface area contributed by atoms with Crippen LogP contribution in [0, 0.1) is 0 Å². The van der Waals surface area contributed by atoms with Crippen molar-refractivity contribution in [2.24, 2.45) is 0 Å². The van der Waals surface area contributed by atoms with Crippen LogP contribution in [0.5, 0.6) is 0 Å². The fourth-order valence-electron chi connectivity index (χ4n) is 1.97. The van der Waals surface area contributed by atoms with Gasteiger partial charge < -0.3 is 10.4 Å². The molecule has 1 aromatic heterocycles. The Labute approximate surface area is 116 Å². The number of carbonyl (C=O) groups excluding carboxylic acids is 1. The second-order valence-electron chi connectivity index (χ2n) is 4.56. The molecule has 2 rings (SSSR count). The quantitative estimate of drug-likeness (QED) is 0.748. The van der Waals surface area contributed by atoms with Gasteiger partial charge in [-0.25, -0.2) is 0 Å². The summed E-state index contributed by atoms with van der Waals surface area (Å²) < 4.78 is 1.65. The third kappa shape index (κ3) is 3.81. The number of fused-ring (bicyclic) bond motifs is 1. The van der Waals surface area contributed by atoms with Crippen molar-refractivity contribution in [3.63, 3.8) is 0 Å². The number of unbranched alkanes of at least 4 members (excludes halogenated alkanes) is 1. The maximum Gasteiger partial charge on any atom is 0.303 e. The van der Waals surface area contributed by atoms with Gasteiger partial charge in [0.15, 0.2) is 0 Å². The smallest absolute Gasteiger partial charge is 0.303 e. The van der Waals surface area contributed by atoms with Crippen molar-refractivity contribution < 1.29 is 14.7 Å². The van der Waals surface area contributed by atoms with Crippen LogP contribution >= 0.6 is 0 Å². The molecule has 0 radical (unpaired) electrons. The first-order valence-electron chi connectivity index (χ1n) is 6.56. The molecule has 1 aromatic carbocycles. The molecule has 1 heterocycles. The second-order valence-corrected chi connectivity index (χ2v) is 4.56. The Morgan fingerprint density at radius 1 is 1.25 bits per heavy atom. The number of nitrogens with zero attached hydrogens (tertiary/aromatic N) is 2. The molecule has 6 nitrogen and oxygen atoms in total. The fraction of sp³-hybridized carbons (Fsp3) is 0.357. The number of carboxylic acids is 1. The van der Waals surface area contributed by atoms with Crippen molar-refractivity contribution in [1.29, 1.82) is 0 Å². The van der Waals surface area contributed by atoms with Crippen LogP contribution in [0.3, 0.4) is 0 Å². The summed E-state index contributed by atoms with van der Waals surface area (Å²) in [7, 11) is 0. The van der Waals surface area contributed by atoms with E-state index in [9.17, 15) is 9.59 Å². The lowest BCUT2D eigenvalue weighted by Gasteiger charge is -2.05. The van der Waals surface area contributed by atoms with Crippen LogP contribution in [0.2, 0.25) is 0 Å². The molecule has 0 unspecified atom stereocenters. The van der Waals surface area contributed by atoms with E-state index in [-0.39, 0.29) is 18.9 Å². The highest BCUT2D eigenvalue weighted by molar-refractivity contribution is 5.81. The van der Waals surface area contributed by atoms with E-state index in [4.69, 9.17) is 5.11 Å². The molecule has 0 spiro atoms. The first-order chi connectivity index (χ1) is 9.66. The number of aliphatic carboxylic acids is 1. The molecule has 0 saturated heterocycles. The molecular formula is C14H17N3O3. The molecule has 0 atom stereocenters. The van der Waals surface area contributed by atoms with Gasteiger partial charge in [-0.3, -0.25) is 14.3 Å². The van der Waals surface area contributed by atoms with Gasteiger partial charge in [-0.2, -0.15) is 5.10 Å². The highest BCUT2D eigenvalue weighted by Crippen LogP contribution is 2.12. The minimum absolute atomic E-state index is 0.117. The highest BCUT2D eigenvalue weighted by Gasteiger charge is 2.06. The molecule has 0 aliphatic carbocycles. The lowest BCUT2D eigenvalue weighted by atomic mass is 10.2. The number of nitrogens with one attached hydrogen (secondary N) is 1. The van der Waals surface area contributed by atoms with E-state index in [1.165, 1.54) is 0 Å². The largest absolute Gasteiger partial charge is 0.481 e. The summed E-state index contributed by atoms with van der Waals surface area (Å²) in [6.07, 6.45) is 3.10. The number of hydrogen-bond acceptors (Lipinski definition) is 3. The summed E-state index contributed by atoms with van der Waals surface area (Å²) in [5, 5.41) is 16.4. The summed E-state index contributed by atoms with van der Waals surface area (Å²) in [4.78, 5) is 22.1. The summed E-state index contributed by atoms with van der Waals surface area (Å²) >= 11 is 0. The van der Waals surface area contributed by atoms with E-state index in [1.807, 2.05) is 24.3 Å². The van der Waals surface area contributed by atoms with Gasteiger partial charge in [0.25, 0.3) is 0 Å². The van der Waals surface area contributed by atoms with Crippen LogP contribution in [0.4, 0.5) is 0 Å². The molecule has 0 aliphatic heterocycles. The third-order valence-electron chi connectivity index (χ3n) is 2.98. The van der Waals surface area contributed by atoms with Crippen molar-refractivity contribution in [1.82, 2.24) is 15.1 Å². The van der Waals surface area contributed by atoms with E-state index in [0.29, 0.717) is 19.4 Å². The molecule has 0 aliphatic rings. The van der Waals surface area contributed by atoms with Crippen molar-refractivity contribution in [3.8, 4) is 0 Å². The summed E-state index contributed by atoms with van der Waals surface area (Å²) in [5.74, 6) is -0.923. The summed E-state index contributed by atoms with van der Waals surface area (Å²) in [6, 6.07) is 7.70. The standard InChI is InChI=1S/C14H17N3O3/c18-13(15-8-4-3-7-14(19)20)10-17-12-6-2-1-5-11(12)9-16-17/h1-2,5-6,9H,3-4,7-8,10H2,(H,15,18)(H,19,20). The number of hydrogen-bond donors (Lipinski definition) is 2. The molecule has 1 amide bonds. The van der Waals surface area contributed by atoms with Crippen LogP contribution in [-0.2, 0) is 16.1 Å². The normalized spacial score (nSPS) is 10.6. The third-order valence-corrected chi connectivity index (χ3v) is 2.98.